The van der Waals surface area contributed by atoms with Crippen LogP contribution in [0, 0.1) is 12.3 Å². The van der Waals surface area contributed by atoms with E-state index < -0.39 is 0 Å². The van der Waals surface area contributed by atoms with Gasteiger partial charge in [-0.3, -0.25) is 0 Å². The fourth-order valence-corrected chi connectivity index (χ4v) is 5.44. The molecule has 0 aliphatic carbocycles. The van der Waals surface area contributed by atoms with Crippen molar-refractivity contribution in [3.63, 3.8) is 0 Å². The van der Waals surface area contributed by atoms with E-state index in [1.165, 1.54) is 54.7 Å². The van der Waals surface area contributed by atoms with Crippen molar-refractivity contribution < 1.29 is 9.30 Å². The number of hydrogen-bond donors (Lipinski definition) is 0. The monoisotopic (exact) mass is 418 g/mol. The number of nitrogens with zero attached hydrogens (tertiary/aromatic N) is 1. The van der Waals surface area contributed by atoms with Gasteiger partial charge in [0.25, 0.3) is 0 Å². The topological polar surface area (TPSA) is 13.1 Å². The van der Waals surface area contributed by atoms with Crippen LogP contribution in [0.4, 0.5) is 0 Å². The number of fused-ring (bicyclic) bond motifs is 5. The largest absolute Gasteiger partial charge is 0.456 e. The molecule has 0 radical (unpaired) electrons. The fourth-order valence-electron chi connectivity index (χ4n) is 5.44. The van der Waals surface area contributed by atoms with Crippen molar-refractivity contribution in [3.05, 3.63) is 78.0 Å². The van der Waals surface area contributed by atoms with Gasteiger partial charge < -0.3 is 4.74 Å². The van der Waals surface area contributed by atoms with E-state index in [0.717, 1.165) is 17.9 Å². The van der Waals surface area contributed by atoms with E-state index in [2.05, 4.69) is 106 Å². The molecule has 1 aliphatic heterocycles. The highest BCUT2D eigenvalue weighted by molar-refractivity contribution is 6.16. The van der Waals surface area contributed by atoms with Crippen LogP contribution < -0.4 is 9.30 Å². The molecule has 5 aromatic rings. The van der Waals surface area contributed by atoms with Crippen LogP contribution in [0.3, 0.4) is 0 Å². The minimum atomic E-state index is 0.220. The van der Waals surface area contributed by atoms with Crippen molar-refractivity contribution in [1.82, 2.24) is 0 Å². The van der Waals surface area contributed by atoms with Crippen molar-refractivity contribution in [2.24, 2.45) is 12.5 Å². The van der Waals surface area contributed by atoms with Gasteiger partial charge in [0.15, 0.2) is 6.20 Å². The second-order valence-corrected chi connectivity index (χ2v) is 10.4. The molecule has 0 fully saturated rings. The first-order valence-corrected chi connectivity index (χ1v) is 11.4. The summed E-state index contributed by atoms with van der Waals surface area (Å²) in [6.45, 7) is 9.12. The van der Waals surface area contributed by atoms with Crippen molar-refractivity contribution in [2.45, 2.75) is 34.1 Å². The molecule has 0 saturated heterocycles. The van der Waals surface area contributed by atoms with E-state index >= 15 is 0 Å². The predicted octanol–water partition coefficient (Wildman–Crippen LogP) is 7.64. The maximum absolute atomic E-state index is 6.67. The van der Waals surface area contributed by atoms with Crippen molar-refractivity contribution in [1.29, 1.82) is 0 Å². The molecule has 0 spiro atoms. The molecule has 6 rings (SSSR count). The molecule has 1 aliphatic rings. The highest BCUT2D eigenvalue weighted by Crippen LogP contribution is 2.50. The zero-order valence-corrected chi connectivity index (χ0v) is 19.4. The van der Waals surface area contributed by atoms with Crippen LogP contribution in [0.15, 0.2) is 66.9 Å². The van der Waals surface area contributed by atoms with Crippen LogP contribution >= 0.6 is 0 Å². The van der Waals surface area contributed by atoms with Crippen LogP contribution in [0.1, 0.15) is 31.9 Å². The normalized spacial score (nSPS) is 12.9. The molecule has 0 bridgehead atoms. The number of benzene rings is 4. The first-order chi connectivity index (χ1) is 15.3. The van der Waals surface area contributed by atoms with E-state index in [9.17, 15) is 0 Å². The average molecular weight is 419 g/mol. The Morgan fingerprint density at radius 2 is 1.59 bits per heavy atom. The summed E-state index contributed by atoms with van der Waals surface area (Å²) in [6.07, 6.45) is 3.23. The molecule has 32 heavy (non-hydrogen) atoms. The smallest absolute Gasteiger partial charge is 0.228 e. The van der Waals surface area contributed by atoms with Crippen LogP contribution in [0.25, 0.3) is 43.6 Å². The summed E-state index contributed by atoms with van der Waals surface area (Å²) in [4.78, 5) is 0. The van der Waals surface area contributed by atoms with Crippen molar-refractivity contribution >= 4 is 32.3 Å². The first kappa shape index (κ1) is 19.3. The highest BCUT2D eigenvalue weighted by atomic mass is 16.5. The Bertz CT molecular complexity index is 1570. The third-order valence-electron chi connectivity index (χ3n) is 6.78. The Balaban J connectivity index is 1.75. The fraction of sp³-hybridized carbons (Fsp3) is 0.233. The van der Waals surface area contributed by atoms with Crippen molar-refractivity contribution in [3.8, 4) is 22.8 Å². The first-order valence-electron chi connectivity index (χ1n) is 11.4. The van der Waals surface area contributed by atoms with Crippen LogP contribution in [0.5, 0.6) is 11.5 Å². The predicted molar refractivity (Wildman–Crippen MR) is 134 cm³/mol. The Labute approximate surface area is 189 Å². The highest BCUT2D eigenvalue weighted by Gasteiger charge is 2.31. The van der Waals surface area contributed by atoms with Crippen LogP contribution in [-0.4, -0.2) is 0 Å². The van der Waals surface area contributed by atoms with Gasteiger partial charge in [0, 0.05) is 11.5 Å². The third kappa shape index (κ3) is 2.75. The van der Waals surface area contributed by atoms with Gasteiger partial charge in [0.1, 0.15) is 18.5 Å². The number of rotatable bonds is 1. The van der Waals surface area contributed by atoms with E-state index in [-0.39, 0.29) is 5.41 Å². The van der Waals surface area contributed by atoms with Gasteiger partial charge in [-0.2, -0.15) is 0 Å². The van der Waals surface area contributed by atoms with E-state index in [0.29, 0.717) is 0 Å². The minimum Gasteiger partial charge on any atom is -0.456 e. The van der Waals surface area contributed by atoms with Gasteiger partial charge >= 0.3 is 0 Å². The molecule has 0 unspecified atom stereocenters. The summed E-state index contributed by atoms with van der Waals surface area (Å²) in [7, 11) is 2.14. The Morgan fingerprint density at radius 1 is 0.812 bits per heavy atom. The molecule has 0 amide bonds. The molecule has 158 valence electrons. The molecular formula is C30H28NO+. The number of aryl methyl sites for hydroxylation is 2. The van der Waals surface area contributed by atoms with Crippen LogP contribution in [0.2, 0.25) is 0 Å². The molecule has 0 saturated carbocycles. The van der Waals surface area contributed by atoms with Crippen LogP contribution in [-0.2, 0) is 13.5 Å². The van der Waals surface area contributed by atoms with E-state index in [4.69, 9.17) is 4.74 Å². The third-order valence-corrected chi connectivity index (χ3v) is 6.78. The van der Waals surface area contributed by atoms with E-state index in [1.807, 2.05) is 0 Å². The zero-order valence-electron chi connectivity index (χ0n) is 19.4. The molecule has 0 atom stereocenters. The van der Waals surface area contributed by atoms with Gasteiger partial charge in [-0.1, -0.05) is 63.2 Å². The maximum Gasteiger partial charge on any atom is 0.228 e. The van der Waals surface area contributed by atoms with E-state index in [1.54, 1.807) is 0 Å². The maximum atomic E-state index is 6.67. The summed E-state index contributed by atoms with van der Waals surface area (Å²) in [6, 6.07) is 22.0. The summed E-state index contributed by atoms with van der Waals surface area (Å²) < 4.78 is 8.92. The molecular weight excluding hydrogens is 390 g/mol. The zero-order chi connectivity index (χ0) is 22.2. The second kappa shape index (κ2) is 6.56. The Hall–Kier alpha value is -3.39. The Morgan fingerprint density at radius 3 is 2.41 bits per heavy atom. The molecule has 2 nitrogen and oxygen atoms in total. The molecule has 2 heteroatoms. The standard InChI is InChI=1S/C30H28NO/c1-18-21-11-7-6-9-19(21)15-25-27(18)29-28-23(13-14-31(29)5)22-12-8-10-20(17-30(2,3)4)24(22)16-26(28)32-25/h6-16H,17H2,1-5H3/q+1. The summed E-state index contributed by atoms with van der Waals surface area (Å²) >= 11 is 0. The molecule has 2 heterocycles. The van der Waals surface area contributed by atoms with Gasteiger partial charge in [-0.15, -0.1) is 0 Å². The number of ether oxygens (including phenoxy) is 1. The van der Waals surface area contributed by atoms with Gasteiger partial charge in [-0.05, 0) is 63.6 Å². The van der Waals surface area contributed by atoms with Gasteiger partial charge in [0.05, 0.1) is 10.9 Å². The molecule has 1 aromatic heterocycles. The lowest BCUT2D eigenvalue weighted by Gasteiger charge is -2.24. The lowest BCUT2D eigenvalue weighted by Crippen LogP contribution is -2.31. The quantitative estimate of drug-likeness (QED) is 0.197. The Kier molecular flexibility index (Phi) is 3.96. The SMILES string of the molecule is Cc1c2c(cc3ccccc13)Oc1cc3c(CC(C)(C)C)cccc3c3cc[n+](C)c-2c13. The van der Waals surface area contributed by atoms with Gasteiger partial charge in [-0.25, -0.2) is 4.57 Å². The van der Waals surface area contributed by atoms with Gasteiger partial charge in [0.2, 0.25) is 5.69 Å². The molecule has 4 aromatic carbocycles. The molecule has 0 N–H and O–H groups in total. The lowest BCUT2D eigenvalue weighted by atomic mass is 9.84. The lowest BCUT2D eigenvalue weighted by molar-refractivity contribution is -0.659. The number of pyridine rings is 1. The summed E-state index contributed by atoms with van der Waals surface area (Å²) in [5.74, 6) is 1.91. The van der Waals surface area contributed by atoms with Crippen molar-refractivity contribution in [2.75, 3.05) is 0 Å². The minimum absolute atomic E-state index is 0.220. The summed E-state index contributed by atoms with van der Waals surface area (Å²) in [5, 5.41) is 7.57. The summed E-state index contributed by atoms with van der Waals surface area (Å²) in [5.41, 5.74) is 5.32. The second-order valence-electron chi connectivity index (χ2n) is 10.4. The number of hydrogen-bond acceptors (Lipinski definition) is 1. The average Bonchev–Trinajstić information content (AvgIpc) is 2.75. The number of aromatic nitrogens is 1.